The van der Waals surface area contributed by atoms with Gasteiger partial charge in [-0.2, -0.15) is 0 Å². The fourth-order valence-electron chi connectivity index (χ4n) is 3.41. The van der Waals surface area contributed by atoms with Gasteiger partial charge in [-0.25, -0.2) is 0 Å². The highest BCUT2D eigenvalue weighted by Crippen LogP contribution is 2.21. The number of carbonyl (C=O) groups is 2. The summed E-state index contributed by atoms with van der Waals surface area (Å²) in [5, 5.41) is 3.18. The first-order valence-electron chi connectivity index (χ1n) is 9.13. The molecule has 0 radical (unpaired) electrons. The first-order valence-corrected chi connectivity index (χ1v) is 9.13. The maximum absolute atomic E-state index is 12.8. The number of primary amides is 1. The lowest BCUT2D eigenvalue weighted by Crippen LogP contribution is -2.30. The van der Waals surface area contributed by atoms with Crippen LogP contribution in [0.1, 0.15) is 32.7 Å². The summed E-state index contributed by atoms with van der Waals surface area (Å²) in [4.78, 5) is 26.2. The van der Waals surface area contributed by atoms with Gasteiger partial charge < -0.3 is 20.7 Å². The second kappa shape index (κ2) is 8.68. The van der Waals surface area contributed by atoms with E-state index in [-0.39, 0.29) is 12.5 Å². The maximum Gasteiger partial charge on any atom is 0.253 e. The van der Waals surface area contributed by atoms with Crippen LogP contribution in [0.15, 0.2) is 48.5 Å². The Morgan fingerprint density at radius 3 is 2.81 bits per heavy atom. The van der Waals surface area contributed by atoms with E-state index >= 15 is 0 Å². The van der Waals surface area contributed by atoms with Crippen LogP contribution in [0.3, 0.4) is 0 Å². The molecule has 0 spiro atoms. The molecule has 142 valence electrons. The average molecular weight is 367 g/mol. The minimum atomic E-state index is -0.528. The Kier molecular flexibility index (Phi) is 6.08. The number of likely N-dealkylation sites (tertiary alicyclic amines) is 1. The lowest BCUT2D eigenvalue weighted by molar-refractivity contribution is 0.0787. The molecule has 27 heavy (non-hydrogen) atoms. The number of ether oxygens (including phenoxy) is 1. The number of nitrogens with zero attached hydrogens (tertiary/aromatic N) is 1. The summed E-state index contributed by atoms with van der Waals surface area (Å²) >= 11 is 0. The van der Waals surface area contributed by atoms with E-state index in [2.05, 4.69) is 5.32 Å². The normalized spacial score (nSPS) is 16.3. The molecule has 2 aromatic rings. The van der Waals surface area contributed by atoms with Gasteiger partial charge in [0.15, 0.2) is 0 Å². The number of hydrogen-bond acceptors (Lipinski definition) is 4. The van der Waals surface area contributed by atoms with E-state index in [1.54, 1.807) is 24.3 Å². The molecule has 0 saturated carbocycles. The van der Waals surface area contributed by atoms with Gasteiger partial charge in [0.25, 0.3) is 11.8 Å². The second-order valence-electron chi connectivity index (χ2n) is 6.81. The number of nitrogens with two attached hydrogens (primary N) is 1. The van der Waals surface area contributed by atoms with Crippen molar-refractivity contribution in [2.45, 2.75) is 13.0 Å². The smallest absolute Gasteiger partial charge is 0.253 e. The van der Waals surface area contributed by atoms with Gasteiger partial charge in [0.1, 0.15) is 12.4 Å². The zero-order chi connectivity index (χ0) is 19.2. The molecule has 1 fully saturated rings. The van der Waals surface area contributed by atoms with Crippen LogP contribution >= 0.6 is 0 Å². The van der Waals surface area contributed by atoms with E-state index in [1.807, 2.05) is 36.2 Å². The van der Waals surface area contributed by atoms with Crippen molar-refractivity contribution in [3.05, 3.63) is 65.2 Å². The summed E-state index contributed by atoms with van der Waals surface area (Å²) in [5.74, 6) is 0.472. The Bertz CT molecular complexity index is 822. The molecule has 6 heteroatoms. The molecule has 1 aliphatic heterocycles. The van der Waals surface area contributed by atoms with Crippen LogP contribution in [0, 0.1) is 5.92 Å². The van der Waals surface area contributed by atoms with Crippen LogP contribution in [0.2, 0.25) is 0 Å². The van der Waals surface area contributed by atoms with Crippen molar-refractivity contribution >= 4 is 11.8 Å². The van der Waals surface area contributed by atoms with Crippen molar-refractivity contribution in [3.8, 4) is 5.75 Å². The zero-order valence-electron chi connectivity index (χ0n) is 15.5. The summed E-state index contributed by atoms with van der Waals surface area (Å²) in [7, 11) is 1.93. The highest BCUT2D eigenvalue weighted by Gasteiger charge is 2.26. The molecule has 1 heterocycles. The van der Waals surface area contributed by atoms with E-state index < -0.39 is 5.91 Å². The molecule has 1 saturated heterocycles. The summed E-state index contributed by atoms with van der Waals surface area (Å²) in [5.41, 5.74) is 7.24. The third kappa shape index (κ3) is 4.65. The van der Waals surface area contributed by atoms with Gasteiger partial charge in [-0.15, -0.1) is 0 Å². The van der Waals surface area contributed by atoms with Crippen molar-refractivity contribution in [2.24, 2.45) is 11.7 Å². The maximum atomic E-state index is 12.8. The summed E-state index contributed by atoms with van der Waals surface area (Å²) in [6.45, 7) is 2.76. The molecule has 2 aromatic carbocycles. The summed E-state index contributed by atoms with van der Waals surface area (Å²) < 4.78 is 5.76. The van der Waals surface area contributed by atoms with Crippen LogP contribution < -0.4 is 15.8 Å². The van der Waals surface area contributed by atoms with Gasteiger partial charge in [0.05, 0.1) is 5.56 Å². The quantitative estimate of drug-likeness (QED) is 0.784. The van der Waals surface area contributed by atoms with Crippen molar-refractivity contribution in [1.82, 2.24) is 10.2 Å². The molecule has 6 nitrogen and oxygen atoms in total. The average Bonchev–Trinajstić information content (AvgIpc) is 3.15. The van der Waals surface area contributed by atoms with Gasteiger partial charge in [0, 0.05) is 18.7 Å². The Morgan fingerprint density at radius 1 is 1.22 bits per heavy atom. The number of amides is 2. The molecular formula is C21H25N3O3. The highest BCUT2D eigenvalue weighted by atomic mass is 16.5. The van der Waals surface area contributed by atoms with Gasteiger partial charge in [-0.3, -0.25) is 9.59 Å². The lowest BCUT2D eigenvalue weighted by Gasteiger charge is -2.17. The number of carbonyl (C=O) groups excluding carboxylic acids is 2. The van der Waals surface area contributed by atoms with Crippen LogP contribution in [0.5, 0.6) is 5.75 Å². The minimum absolute atomic E-state index is 0.0491. The van der Waals surface area contributed by atoms with Crippen LogP contribution in [-0.2, 0) is 6.61 Å². The molecule has 0 aliphatic carbocycles. The third-order valence-corrected chi connectivity index (χ3v) is 4.79. The standard InChI is InChI=1S/C21H25N3O3/c1-23-12-16-9-10-24(13-16)21(26)17-6-4-5-15(11-17)14-27-19-8-3-2-7-18(19)20(22)25/h2-8,11,16,23H,9-10,12-14H2,1H3,(H2,22,25)/t16-/m0/s1. The molecule has 0 unspecified atom stereocenters. The first-order chi connectivity index (χ1) is 13.1. The molecule has 1 aliphatic rings. The van der Waals surface area contributed by atoms with Gasteiger partial charge >= 0.3 is 0 Å². The predicted molar refractivity (Wildman–Crippen MR) is 104 cm³/mol. The predicted octanol–water partition coefficient (Wildman–Crippen LogP) is 2.05. The van der Waals surface area contributed by atoms with E-state index in [0.717, 1.165) is 31.6 Å². The van der Waals surface area contributed by atoms with Gasteiger partial charge in [-0.05, 0) is 55.8 Å². The third-order valence-electron chi connectivity index (χ3n) is 4.79. The van der Waals surface area contributed by atoms with Crippen molar-refractivity contribution in [2.75, 3.05) is 26.7 Å². The Hall–Kier alpha value is -2.86. The molecule has 1 atom stereocenters. The molecule has 3 rings (SSSR count). The molecular weight excluding hydrogens is 342 g/mol. The van der Waals surface area contributed by atoms with Crippen molar-refractivity contribution in [1.29, 1.82) is 0 Å². The molecule has 0 bridgehead atoms. The fraction of sp³-hybridized carbons (Fsp3) is 0.333. The Morgan fingerprint density at radius 2 is 2.04 bits per heavy atom. The van der Waals surface area contributed by atoms with Crippen molar-refractivity contribution in [3.63, 3.8) is 0 Å². The number of rotatable bonds is 7. The SMILES string of the molecule is CNC[C@@H]1CCN(C(=O)c2cccc(COc3ccccc3C(N)=O)c2)C1. The number of nitrogens with one attached hydrogen (secondary N) is 1. The van der Waals surface area contributed by atoms with E-state index in [1.165, 1.54) is 0 Å². The van der Waals surface area contributed by atoms with Crippen molar-refractivity contribution < 1.29 is 14.3 Å². The minimum Gasteiger partial charge on any atom is -0.488 e. The second-order valence-corrected chi connectivity index (χ2v) is 6.81. The Balaban J connectivity index is 1.66. The topological polar surface area (TPSA) is 84.7 Å². The number of para-hydroxylation sites is 1. The highest BCUT2D eigenvalue weighted by molar-refractivity contribution is 5.95. The van der Waals surface area contributed by atoms with E-state index in [9.17, 15) is 9.59 Å². The zero-order valence-corrected chi connectivity index (χ0v) is 15.5. The summed E-state index contributed by atoms with van der Waals surface area (Å²) in [6, 6.07) is 14.3. The van der Waals surface area contributed by atoms with E-state index in [0.29, 0.717) is 22.8 Å². The molecule has 0 aromatic heterocycles. The fourth-order valence-corrected chi connectivity index (χ4v) is 3.41. The largest absolute Gasteiger partial charge is 0.488 e. The van der Waals surface area contributed by atoms with Gasteiger partial charge in [0.2, 0.25) is 0 Å². The lowest BCUT2D eigenvalue weighted by atomic mass is 10.1. The number of hydrogen-bond donors (Lipinski definition) is 2. The van der Waals surface area contributed by atoms with Crippen LogP contribution in [0.4, 0.5) is 0 Å². The monoisotopic (exact) mass is 367 g/mol. The Labute approximate surface area is 159 Å². The van der Waals surface area contributed by atoms with Crippen LogP contribution in [-0.4, -0.2) is 43.4 Å². The van der Waals surface area contributed by atoms with Gasteiger partial charge in [-0.1, -0.05) is 24.3 Å². The van der Waals surface area contributed by atoms with Crippen LogP contribution in [0.25, 0.3) is 0 Å². The first kappa shape index (κ1) is 18.9. The summed E-state index contributed by atoms with van der Waals surface area (Å²) in [6.07, 6.45) is 1.03. The molecule has 3 N–H and O–H groups in total. The van der Waals surface area contributed by atoms with E-state index in [4.69, 9.17) is 10.5 Å². The number of benzene rings is 2. The molecule has 2 amide bonds.